The van der Waals surface area contributed by atoms with Crippen LogP contribution in [0.5, 0.6) is 0 Å². The maximum Gasteiger partial charge on any atom is 0.327 e. The molecule has 0 aliphatic heterocycles. The molecule has 0 amide bonds. The van der Waals surface area contributed by atoms with Crippen molar-refractivity contribution in [1.82, 2.24) is 0 Å². The zero-order valence-electron chi connectivity index (χ0n) is 7.87. The Balaban J connectivity index is 0.00000196. The molecular weight excluding hydrogens is 260 g/mol. The van der Waals surface area contributed by atoms with Gasteiger partial charge in [0, 0.05) is 10.0 Å². The molecular formula is C9H10Cl3NO2. The van der Waals surface area contributed by atoms with Crippen molar-refractivity contribution in [2.24, 2.45) is 5.73 Å². The average Bonchev–Trinajstić information content (AvgIpc) is 2.15. The fourth-order valence-electron chi connectivity index (χ4n) is 1.01. The number of hydrogen-bond acceptors (Lipinski definition) is 3. The lowest BCUT2D eigenvalue weighted by Gasteiger charge is -2.11. The van der Waals surface area contributed by atoms with E-state index in [4.69, 9.17) is 28.9 Å². The summed E-state index contributed by atoms with van der Waals surface area (Å²) in [4.78, 5) is 11.1. The molecule has 0 fully saturated rings. The van der Waals surface area contributed by atoms with Crippen LogP contribution < -0.4 is 5.73 Å². The molecule has 1 rings (SSSR count). The fourth-order valence-corrected chi connectivity index (χ4v) is 1.53. The van der Waals surface area contributed by atoms with E-state index in [-0.39, 0.29) is 12.4 Å². The van der Waals surface area contributed by atoms with Gasteiger partial charge in [-0.1, -0.05) is 29.3 Å². The third-order valence-electron chi connectivity index (χ3n) is 1.75. The molecule has 1 aromatic carbocycles. The molecule has 15 heavy (non-hydrogen) atoms. The van der Waals surface area contributed by atoms with E-state index in [0.29, 0.717) is 15.6 Å². The number of ether oxygens (including phenoxy) is 1. The highest BCUT2D eigenvalue weighted by Gasteiger charge is 2.18. The molecule has 0 saturated heterocycles. The highest BCUT2D eigenvalue weighted by Crippen LogP contribution is 2.25. The van der Waals surface area contributed by atoms with E-state index in [2.05, 4.69) is 4.74 Å². The Bertz CT molecular complexity index is 357. The molecule has 6 heteroatoms. The van der Waals surface area contributed by atoms with Crippen LogP contribution in [-0.2, 0) is 9.53 Å². The molecule has 0 heterocycles. The van der Waals surface area contributed by atoms with Gasteiger partial charge in [-0.15, -0.1) is 12.4 Å². The van der Waals surface area contributed by atoms with Crippen molar-refractivity contribution in [3.8, 4) is 0 Å². The summed E-state index contributed by atoms with van der Waals surface area (Å²) in [6.07, 6.45) is 0. The molecule has 0 bridgehead atoms. The van der Waals surface area contributed by atoms with E-state index in [1.54, 1.807) is 12.1 Å². The fraction of sp³-hybridized carbons (Fsp3) is 0.222. The highest BCUT2D eigenvalue weighted by atomic mass is 35.5. The molecule has 0 aliphatic rings. The van der Waals surface area contributed by atoms with E-state index < -0.39 is 12.0 Å². The van der Waals surface area contributed by atoms with Crippen molar-refractivity contribution in [1.29, 1.82) is 0 Å². The van der Waals surface area contributed by atoms with Gasteiger partial charge in [-0.2, -0.15) is 0 Å². The van der Waals surface area contributed by atoms with Crippen LogP contribution in [0.1, 0.15) is 11.6 Å². The summed E-state index contributed by atoms with van der Waals surface area (Å²) in [6, 6.07) is 3.88. The maximum atomic E-state index is 11.1. The normalized spacial score (nSPS) is 11.5. The van der Waals surface area contributed by atoms with Gasteiger partial charge in [0.2, 0.25) is 0 Å². The van der Waals surface area contributed by atoms with Crippen molar-refractivity contribution in [2.75, 3.05) is 7.11 Å². The van der Waals surface area contributed by atoms with Crippen LogP contribution in [0.2, 0.25) is 10.0 Å². The van der Waals surface area contributed by atoms with E-state index in [9.17, 15) is 4.79 Å². The zero-order chi connectivity index (χ0) is 10.7. The van der Waals surface area contributed by atoms with Crippen LogP contribution >= 0.6 is 35.6 Å². The highest BCUT2D eigenvalue weighted by molar-refractivity contribution is 6.35. The first kappa shape index (κ1) is 14.5. The Kier molecular flexibility index (Phi) is 5.98. The summed E-state index contributed by atoms with van der Waals surface area (Å²) >= 11 is 11.5. The Morgan fingerprint density at radius 1 is 1.47 bits per heavy atom. The Morgan fingerprint density at radius 2 is 2.07 bits per heavy atom. The van der Waals surface area contributed by atoms with Crippen LogP contribution in [0.15, 0.2) is 18.2 Å². The van der Waals surface area contributed by atoms with Crippen molar-refractivity contribution >= 4 is 41.6 Å². The topological polar surface area (TPSA) is 52.3 Å². The second kappa shape index (κ2) is 6.18. The van der Waals surface area contributed by atoms with Crippen LogP contribution in [-0.4, -0.2) is 13.1 Å². The molecule has 1 aromatic rings. The molecule has 0 unspecified atom stereocenters. The van der Waals surface area contributed by atoms with Crippen LogP contribution in [0.3, 0.4) is 0 Å². The van der Waals surface area contributed by atoms with Gasteiger partial charge in [0.25, 0.3) is 0 Å². The number of nitrogens with two attached hydrogens (primary N) is 1. The minimum Gasteiger partial charge on any atom is -0.468 e. The molecule has 0 aliphatic carbocycles. The second-order valence-corrected chi connectivity index (χ2v) is 3.51. The first-order valence-electron chi connectivity index (χ1n) is 3.84. The molecule has 1 atom stereocenters. The first-order chi connectivity index (χ1) is 6.56. The van der Waals surface area contributed by atoms with Crippen LogP contribution in [0.4, 0.5) is 0 Å². The number of esters is 1. The molecule has 0 aromatic heterocycles. The summed E-state index contributed by atoms with van der Waals surface area (Å²) in [6.45, 7) is 0. The smallest absolute Gasteiger partial charge is 0.327 e. The van der Waals surface area contributed by atoms with Gasteiger partial charge in [-0.05, 0) is 17.7 Å². The van der Waals surface area contributed by atoms with Crippen molar-refractivity contribution in [2.45, 2.75) is 6.04 Å². The largest absolute Gasteiger partial charge is 0.468 e. The third kappa shape index (κ3) is 3.54. The number of methoxy groups -OCH3 is 1. The number of hydrogen-bond donors (Lipinski definition) is 1. The maximum absolute atomic E-state index is 11.1. The number of rotatable bonds is 2. The lowest BCUT2D eigenvalue weighted by Crippen LogP contribution is -2.22. The minimum absolute atomic E-state index is 0. The van der Waals surface area contributed by atoms with Crippen LogP contribution in [0.25, 0.3) is 0 Å². The quantitative estimate of drug-likeness (QED) is 0.841. The standard InChI is InChI=1S/C9H9Cl2NO2.ClH/c1-14-9(13)8(12)6-3-2-5(10)4-7(6)11;/h2-4,8H,12H2,1H3;1H/t8-;/m1./s1. The summed E-state index contributed by atoms with van der Waals surface area (Å²) in [7, 11) is 1.27. The molecule has 0 spiro atoms. The SMILES string of the molecule is COC(=O)[C@H](N)c1ccc(Cl)cc1Cl.Cl. The predicted molar refractivity (Wildman–Crippen MR) is 62.7 cm³/mol. The van der Waals surface area contributed by atoms with E-state index in [0.717, 1.165) is 0 Å². The van der Waals surface area contributed by atoms with Crippen LogP contribution in [0, 0.1) is 0 Å². The van der Waals surface area contributed by atoms with Gasteiger partial charge in [0.15, 0.2) is 0 Å². The van der Waals surface area contributed by atoms with Gasteiger partial charge < -0.3 is 10.5 Å². The zero-order valence-corrected chi connectivity index (χ0v) is 10.2. The van der Waals surface area contributed by atoms with E-state index in [1.807, 2.05) is 0 Å². The monoisotopic (exact) mass is 269 g/mol. The molecule has 0 radical (unpaired) electrons. The second-order valence-electron chi connectivity index (χ2n) is 2.67. The predicted octanol–water partition coefficient (Wildman–Crippen LogP) is 2.59. The van der Waals surface area contributed by atoms with Gasteiger partial charge in [0.1, 0.15) is 6.04 Å². The number of benzene rings is 1. The molecule has 2 N–H and O–H groups in total. The minimum atomic E-state index is -0.871. The average molecular weight is 271 g/mol. The number of carbonyl (C=O) groups is 1. The van der Waals surface area contributed by atoms with Crippen molar-refractivity contribution in [3.05, 3.63) is 33.8 Å². The Hall–Kier alpha value is -0.480. The Morgan fingerprint density at radius 3 is 2.53 bits per heavy atom. The number of halogens is 3. The van der Waals surface area contributed by atoms with Gasteiger partial charge >= 0.3 is 5.97 Å². The lowest BCUT2D eigenvalue weighted by atomic mass is 10.1. The molecule has 84 valence electrons. The van der Waals surface area contributed by atoms with Gasteiger partial charge in [-0.25, -0.2) is 0 Å². The first-order valence-corrected chi connectivity index (χ1v) is 4.60. The summed E-state index contributed by atoms with van der Waals surface area (Å²) in [5, 5.41) is 0.853. The summed E-state index contributed by atoms with van der Waals surface area (Å²) in [5.41, 5.74) is 6.10. The Labute approximate surface area is 104 Å². The number of carbonyl (C=O) groups excluding carboxylic acids is 1. The van der Waals surface area contributed by atoms with Crippen molar-refractivity contribution in [3.63, 3.8) is 0 Å². The van der Waals surface area contributed by atoms with Gasteiger partial charge in [0.05, 0.1) is 7.11 Å². The molecule has 0 saturated carbocycles. The summed E-state index contributed by atoms with van der Waals surface area (Å²) < 4.78 is 4.50. The summed E-state index contributed by atoms with van der Waals surface area (Å²) in [5.74, 6) is -0.533. The lowest BCUT2D eigenvalue weighted by molar-refractivity contribution is -0.142. The third-order valence-corrected chi connectivity index (χ3v) is 2.32. The van der Waals surface area contributed by atoms with Crippen molar-refractivity contribution < 1.29 is 9.53 Å². The van der Waals surface area contributed by atoms with E-state index in [1.165, 1.54) is 13.2 Å². The van der Waals surface area contributed by atoms with E-state index >= 15 is 0 Å². The van der Waals surface area contributed by atoms with Gasteiger partial charge in [-0.3, -0.25) is 4.79 Å². The molecule has 3 nitrogen and oxygen atoms in total.